The molecule has 3 nitrogen and oxygen atoms in total. The zero-order chi connectivity index (χ0) is 13.1. The maximum atomic E-state index is 5.85. The molecule has 0 radical (unpaired) electrons. The van der Waals surface area contributed by atoms with Gasteiger partial charge < -0.3 is 10.5 Å². The fourth-order valence-electron chi connectivity index (χ4n) is 1.46. The smallest absolute Gasteiger partial charge is 0.147 e. The molecule has 18 heavy (non-hydrogen) atoms. The average Bonchev–Trinajstić information content (AvgIpc) is 2.31. The molecule has 5 heteroatoms. The van der Waals surface area contributed by atoms with E-state index in [9.17, 15) is 0 Å². The SMILES string of the molecule is CC(N)c1ccc(Oc2cncc(Cl)c2)c(Br)c1. The van der Waals surface area contributed by atoms with Gasteiger partial charge in [-0.05, 0) is 40.5 Å². The Morgan fingerprint density at radius 3 is 2.72 bits per heavy atom. The van der Waals surface area contributed by atoms with Gasteiger partial charge in [0.25, 0.3) is 0 Å². The van der Waals surface area contributed by atoms with E-state index in [1.165, 1.54) is 0 Å². The minimum Gasteiger partial charge on any atom is -0.455 e. The van der Waals surface area contributed by atoms with Crippen LogP contribution in [-0.4, -0.2) is 4.98 Å². The first-order chi connectivity index (χ1) is 8.56. The van der Waals surface area contributed by atoms with Crippen LogP contribution in [0.2, 0.25) is 5.02 Å². The van der Waals surface area contributed by atoms with Crippen LogP contribution in [0, 0.1) is 0 Å². The van der Waals surface area contributed by atoms with E-state index in [0.717, 1.165) is 10.0 Å². The summed E-state index contributed by atoms with van der Waals surface area (Å²) < 4.78 is 6.53. The highest BCUT2D eigenvalue weighted by atomic mass is 79.9. The van der Waals surface area contributed by atoms with Crippen LogP contribution in [0.25, 0.3) is 0 Å². The van der Waals surface area contributed by atoms with Crippen molar-refractivity contribution < 1.29 is 4.74 Å². The minimum atomic E-state index is -0.0109. The second-order valence-corrected chi connectivity index (χ2v) is 5.21. The van der Waals surface area contributed by atoms with Crippen molar-refractivity contribution in [3.8, 4) is 11.5 Å². The van der Waals surface area contributed by atoms with Gasteiger partial charge >= 0.3 is 0 Å². The van der Waals surface area contributed by atoms with Gasteiger partial charge in [0.05, 0.1) is 15.7 Å². The maximum absolute atomic E-state index is 5.85. The summed E-state index contributed by atoms with van der Waals surface area (Å²) >= 11 is 9.30. The van der Waals surface area contributed by atoms with E-state index in [0.29, 0.717) is 16.5 Å². The van der Waals surface area contributed by atoms with Gasteiger partial charge in [-0.15, -0.1) is 0 Å². The highest BCUT2D eigenvalue weighted by Crippen LogP contribution is 2.32. The molecule has 1 aromatic heterocycles. The van der Waals surface area contributed by atoms with Crippen LogP contribution in [0.1, 0.15) is 18.5 Å². The summed E-state index contributed by atoms with van der Waals surface area (Å²) in [6.07, 6.45) is 3.17. The number of ether oxygens (including phenoxy) is 1. The molecule has 2 rings (SSSR count). The third kappa shape index (κ3) is 3.22. The number of nitrogens with two attached hydrogens (primary N) is 1. The second-order valence-electron chi connectivity index (χ2n) is 3.92. The van der Waals surface area contributed by atoms with Gasteiger partial charge in [-0.25, -0.2) is 0 Å². The van der Waals surface area contributed by atoms with Gasteiger partial charge in [0, 0.05) is 18.3 Å². The number of rotatable bonds is 3. The van der Waals surface area contributed by atoms with Crippen molar-refractivity contribution >= 4 is 27.5 Å². The lowest BCUT2D eigenvalue weighted by Crippen LogP contribution is -2.04. The van der Waals surface area contributed by atoms with E-state index in [4.69, 9.17) is 22.1 Å². The van der Waals surface area contributed by atoms with Crippen LogP contribution >= 0.6 is 27.5 Å². The topological polar surface area (TPSA) is 48.1 Å². The van der Waals surface area contributed by atoms with Crippen LogP contribution in [-0.2, 0) is 0 Å². The number of hydrogen-bond donors (Lipinski definition) is 1. The van der Waals surface area contributed by atoms with E-state index in [2.05, 4.69) is 20.9 Å². The molecule has 94 valence electrons. The first-order valence-corrected chi connectivity index (χ1v) is 6.57. The van der Waals surface area contributed by atoms with Crippen molar-refractivity contribution in [2.45, 2.75) is 13.0 Å². The predicted molar refractivity (Wildman–Crippen MR) is 76.1 cm³/mol. The molecule has 0 spiro atoms. The lowest BCUT2D eigenvalue weighted by molar-refractivity contribution is 0.477. The van der Waals surface area contributed by atoms with Crippen molar-refractivity contribution in [2.24, 2.45) is 5.73 Å². The van der Waals surface area contributed by atoms with Crippen molar-refractivity contribution in [2.75, 3.05) is 0 Å². The molecule has 1 heterocycles. The summed E-state index contributed by atoms with van der Waals surface area (Å²) in [7, 11) is 0. The van der Waals surface area contributed by atoms with Crippen LogP contribution in [0.15, 0.2) is 41.1 Å². The van der Waals surface area contributed by atoms with E-state index < -0.39 is 0 Å². The van der Waals surface area contributed by atoms with Gasteiger partial charge in [-0.1, -0.05) is 17.7 Å². The van der Waals surface area contributed by atoms with Crippen LogP contribution in [0.5, 0.6) is 11.5 Å². The standard InChI is InChI=1S/C13H12BrClN2O/c1-8(16)9-2-3-13(12(14)4-9)18-11-5-10(15)6-17-7-11/h2-8H,16H2,1H3. The molecular weight excluding hydrogens is 316 g/mol. The zero-order valence-corrected chi connectivity index (χ0v) is 12.1. The Labute approximate surface area is 119 Å². The Hall–Kier alpha value is -1.10. The first kappa shape index (κ1) is 13.3. The number of hydrogen-bond acceptors (Lipinski definition) is 3. The number of halogens is 2. The Balaban J connectivity index is 2.24. The number of nitrogens with zero attached hydrogens (tertiary/aromatic N) is 1. The van der Waals surface area contributed by atoms with Gasteiger partial charge in [0.2, 0.25) is 0 Å². The van der Waals surface area contributed by atoms with Crippen molar-refractivity contribution in [1.29, 1.82) is 0 Å². The quantitative estimate of drug-likeness (QED) is 0.914. The number of aromatic nitrogens is 1. The van der Waals surface area contributed by atoms with E-state index in [1.54, 1.807) is 18.5 Å². The largest absolute Gasteiger partial charge is 0.455 e. The molecule has 0 bridgehead atoms. The molecule has 0 aliphatic heterocycles. The van der Waals surface area contributed by atoms with Crippen LogP contribution in [0.4, 0.5) is 0 Å². The summed E-state index contributed by atoms with van der Waals surface area (Å²) in [5.74, 6) is 1.29. The average molecular weight is 328 g/mol. The molecule has 0 aliphatic carbocycles. The fourth-order valence-corrected chi connectivity index (χ4v) is 2.10. The summed E-state index contributed by atoms with van der Waals surface area (Å²) in [6, 6.07) is 7.44. The molecule has 0 saturated carbocycles. The van der Waals surface area contributed by atoms with Gasteiger partial charge in [0.15, 0.2) is 0 Å². The normalized spacial score (nSPS) is 12.2. The van der Waals surface area contributed by atoms with E-state index >= 15 is 0 Å². The fraction of sp³-hybridized carbons (Fsp3) is 0.154. The Morgan fingerprint density at radius 2 is 2.11 bits per heavy atom. The first-order valence-electron chi connectivity index (χ1n) is 5.39. The molecule has 2 aromatic rings. The molecular formula is C13H12BrClN2O. The number of pyridine rings is 1. The molecule has 0 saturated heterocycles. The lowest BCUT2D eigenvalue weighted by Gasteiger charge is -2.11. The molecule has 1 unspecified atom stereocenters. The third-order valence-corrected chi connectivity index (χ3v) is 3.22. The summed E-state index contributed by atoms with van der Waals surface area (Å²) in [4.78, 5) is 3.96. The van der Waals surface area contributed by atoms with Crippen molar-refractivity contribution in [1.82, 2.24) is 4.98 Å². The summed E-state index contributed by atoms with van der Waals surface area (Å²) in [6.45, 7) is 1.93. The molecule has 0 aliphatic rings. The summed E-state index contributed by atoms with van der Waals surface area (Å²) in [5.41, 5.74) is 6.86. The Kier molecular flexibility index (Phi) is 4.22. The highest BCUT2D eigenvalue weighted by molar-refractivity contribution is 9.10. The Bertz CT molecular complexity index is 560. The zero-order valence-electron chi connectivity index (χ0n) is 9.73. The minimum absolute atomic E-state index is 0.0109. The monoisotopic (exact) mass is 326 g/mol. The summed E-state index contributed by atoms with van der Waals surface area (Å²) in [5, 5.41) is 0.538. The van der Waals surface area contributed by atoms with Gasteiger partial charge in [-0.2, -0.15) is 0 Å². The van der Waals surface area contributed by atoms with Crippen molar-refractivity contribution in [3.05, 3.63) is 51.7 Å². The predicted octanol–water partition coefficient (Wildman–Crippen LogP) is 4.31. The highest BCUT2D eigenvalue weighted by Gasteiger charge is 2.07. The Morgan fingerprint density at radius 1 is 1.33 bits per heavy atom. The van der Waals surface area contributed by atoms with E-state index in [1.807, 2.05) is 25.1 Å². The molecule has 1 aromatic carbocycles. The lowest BCUT2D eigenvalue weighted by atomic mass is 10.1. The molecule has 0 fully saturated rings. The second kappa shape index (κ2) is 5.69. The molecule has 1 atom stereocenters. The van der Waals surface area contributed by atoms with Crippen molar-refractivity contribution in [3.63, 3.8) is 0 Å². The van der Waals surface area contributed by atoms with E-state index in [-0.39, 0.29) is 6.04 Å². The maximum Gasteiger partial charge on any atom is 0.147 e. The molecule has 2 N–H and O–H groups in total. The van der Waals surface area contributed by atoms with Crippen LogP contribution < -0.4 is 10.5 Å². The van der Waals surface area contributed by atoms with Crippen LogP contribution in [0.3, 0.4) is 0 Å². The number of benzene rings is 1. The van der Waals surface area contributed by atoms with Gasteiger partial charge in [0.1, 0.15) is 11.5 Å². The van der Waals surface area contributed by atoms with Gasteiger partial charge in [-0.3, -0.25) is 4.98 Å². The third-order valence-electron chi connectivity index (χ3n) is 2.39. The molecule has 0 amide bonds.